The van der Waals surface area contributed by atoms with Gasteiger partial charge in [0, 0.05) is 17.0 Å². The second-order valence-corrected chi connectivity index (χ2v) is 2.74. The van der Waals surface area contributed by atoms with Crippen molar-refractivity contribution in [3.05, 3.63) is 45.8 Å². The van der Waals surface area contributed by atoms with Crippen molar-refractivity contribution in [1.29, 1.82) is 0 Å². The molecule has 1 aromatic rings. The number of carbonyl (C=O) groups excluding carboxylic acids is 1. The molecule has 0 aliphatic heterocycles. The van der Waals surface area contributed by atoms with E-state index in [9.17, 15) is 4.79 Å². The van der Waals surface area contributed by atoms with Gasteiger partial charge in [-0.25, -0.2) is 0 Å². The largest absolute Gasteiger partial charge is 0.361 e. The lowest BCUT2D eigenvalue weighted by atomic mass is 10.1. The van der Waals surface area contributed by atoms with Crippen LogP contribution in [0.4, 0.5) is 5.69 Å². The van der Waals surface area contributed by atoms with Gasteiger partial charge < -0.3 is 5.53 Å². The van der Waals surface area contributed by atoms with Crippen molar-refractivity contribution in [2.24, 2.45) is 5.11 Å². The Balaban J connectivity index is 2.76. The number of ketones is 1. The summed E-state index contributed by atoms with van der Waals surface area (Å²) >= 11 is 0. The fraction of sp³-hybridized carbons (Fsp3) is 0.111. The normalized spacial score (nSPS) is 8.53. The number of hydrogen-bond donors (Lipinski definition) is 0. The maximum Gasteiger partial charge on any atom is 0.323 e. The van der Waals surface area contributed by atoms with Gasteiger partial charge in [0.1, 0.15) is 0 Å². The highest BCUT2D eigenvalue weighted by atomic mass is 16.1. The predicted molar refractivity (Wildman–Crippen MR) is 53.6 cm³/mol. The van der Waals surface area contributed by atoms with Crippen molar-refractivity contribution < 1.29 is 9.58 Å². The second-order valence-electron chi connectivity index (χ2n) is 2.74. The highest BCUT2D eigenvalue weighted by molar-refractivity contribution is 6.25. The minimum atomic E-state index is -0.297. The van der Waals surface area contributed by atoms with Crippen molar-refractivity contribution in [2.45, 2.75) is 6.42 Å². The molecule has 0 N–H and O–H groups in total. The first-order valence-corrected chi connectivity index (χ1v) is 4.10. The van der Waals surface area contributed by atoms with Crippen LogP contribution in [-0.2, 0) is 11.2 Å². The summed E-state index contributed by atoms with van der Waals surface area (Å²) in [4.78, 5) is 16.3. The summed E-state index contributed by atoms with van der Waals surface area (Å²) in [7, 11) is 0. The minimum absolute atomic E-state index is 0.153. The van der Waals surface area contributed by atoms with Crippen molar-refractivity contribution in [3.8, 4) is 0 Å². The van der Waals surface area contributed by atoms with Gasteiger partial charge >= 0.3 is 6.21 Å². The fourth-order valence-electron chi connectivity index (χ4n) is 1.04. The standard InChI is InChI=1S/C9H7N5O/c10-12-6-9(15)5-7-1-3-8(4-2-7)13-14-11/h1-4,6H,5H2. The number of benzene rings is 1. The van der Waals surface area contributed by atoms with Gasteiger partial charge in [0.25, 0.3) is 0 Å². The molecule has 0 aromatic heterocycles. The lowest BCUT2D eigenvalue weighted by Gasteiger charge is -1.95. The van der Waals surface area contributed by atoms with E-state index in [0.717, 1.165) is 11.8 Å². The van der Waals surface area contributed by atoms with Crippen molar-refractivity contribution in [1.82, 2.24) is 0 Å². The molecule has 0 saturated heterocycles. The van der Waals surface area contributed by atoms with E-state index < -0.39 is 0 Å². The molecule has 0 atom stereocenters. The van der Waals surface area contributed by atoms with Gasteiger partial charge in [0.2, 0.25) is 5.78 Å². The van der Waals surface area contributed by atoms with E-state index in [-0.39, 0.29) is 12.2 Å². The van der Waals surface area contributed by atoms with E-state index in [0.29, 0.717) is 5.69 Å². The predicted octanol–water partition coefficient (Wildman–Crippen LogP) is 2.04. The third-order valence-corrected chi connectivity index (χ3v) is 1.68. The molecule has 0 bridgehead atoms. The zero-order valence-corrected chi connectivity index (χ0v) is 7.74. The molecule has 0 heterocycles. The molecule has 0 unspecified atom stereocenters. The molecular weight excluding hydrogens is 194 g/mol. The quantitative estimate of drug-likeness (QED) is 0.316. The minimum Gasteiger partial charge on any atom is -0.361 e. The third kappa shape index (κ3) is 3.44. The van der Waals surface area contributed by atoms with E-state index in [1.54, 1.807) is 24.3 Å². The topological polar surface area (TPSA) is 102 Å². The van der Waals surface area contributed by atoms with E-state index in [2.05, 4.69) is 14.8 Å². The Hall–Kier alpha value is -2.42. The average Bonchev–Trinajstić information content (AvgIpc) is 2.22. The first-order valence-electron chi connectivity index (χ1n) is 4.10. The van der Waals surface area contributed by atoms with Crippen LogP contribution in [0, 0.1) is 0 Å². The number of azide groups is 1. The van der Waals surface area contributed by atoms with Crippen LogP contribution < -0.4 is 0 Å². The zero-order chi connectivity index (χ0) is 11.1. The molecule has 0 aliphatic carbocycles. The molecule has 1 rings (SSSR count). The van der Waals surface area contributed by atoms with Crippen LogP contribution in [-0.4, -0.2) is 16.8 Å². The summed E-state index contributed by atoms with van der Waals surface area (Å²) in [5.74, 6) is -0.297. The van der Waals surface area contributed by atoms with Crippen molar-refractivity contribution in [3.63, 3.8) is 0 Å². The maximum atomic E-state index is 11.0. The Morgan fingerprint density at radius 3 is 2.53 bits per heavy atom. The lowest BCUT2D eigenvalue weighted by Crippen LogP contribution is -2.03. The number of carbonyl (C=O) groups is 1. The van der Waals surface area contributed by atoms with Crippen LogP contribution in [0.2, 0.25) is 0 Å². The molecule has 0 saturated carbocycles. The van der Waals surface area contributed by atoms with E-state index in [4.69, 9.17) is 11.1 Å². The second kappa shape index (κ2) is 5.34. The number of hydrogen-bond acceptors (Lipinski definition) is 2. The lowest BCUT2D eigenvalue weighted by molar-refractivity contribution is -0.115. The van der Waals surface area contributed by atoms with Crippen LogP contribution in [0.5, 0.6) is 0 Å². The van der Waals surface area contributed by atoms with Crippen molar-refractivity contribution >= 4 is 17.7 Å². The smallest absolute Gasteiger partial charge is 0.323 e. The van der Waals surface area contributed by atoms with Crippen LogP contribution >= 0.6 is 0 Å². The SMILES string of the molecule is [N-]=[N+]=CC(=O)Cc1ccc(N=[N+]=[N-])cc1. The monoisotopic (exact) mass is 201 g/mol. The molecule has 0 amide bonds. The zero-order valence-electron chi connectivity index (χ0n) is 7.74. The van der Waals surface area contributed by atoms with Crippen molar-refractivity contribution in [2.75, 3.05) is 0 Å². The Morgan fingerprint density at radius 1 is 1.33 bits per heavy atom. The Bertz CT molecular complexity index is 452. The van der Waals surface area contributed by atoms with E-state index in [1.807, 2.05) is 0 Å². The molecule has 0 aliphatic rings. The maximum absolute atomic E-state index is 11.0. The number of rotatable bonds is 4. The number of Topliss-reactive ketones (excluding diaryl/α,β-unsaturated/α-hetero) is 1. The van der Waals surface area contributed by atoms with Gasteiger partial charge in [-0.05, 0) is 11.1 Å². The summed E-state index contributed by atoms with van der Waals surface area (Å²) in [6.45, 7) is 0. The van der Waals surface area contributed by atoms with Gasteiger partial charge in [0.05, 0.1) is 0 Å². The van der Waals surface area contributed by atoms with Gasteiger partial charge in [-0.1, -0.05) is 29.4 Å². The van der Waals surface area contributed by atoms with E-state index in [1.165, 1.54) is 0 Å². The van der Waals surface area contributed by atoms with Gasteiger partial charge in [-0.3, -0.25) is 4.79 Å². The van der Waals surface area contributed by atoms with Crippen LogP contribution in [0.25, 0.3) is 16.0 Å². The summed E-state index contributed by atoms with van der Waals surface area (Å²) < 4.78 is 0. The molecular formula is C9H7N5O. The Morgan fingerprint density at radius 2 is 2.00 bits per heavy atom. The molecule has 6 nitrogen and oxygen atoms in total. The van der Waals surface area contributed by atoms with Gasteiger partial charge in [0.15, 0.2) is 0 Å². The third-order valence-electron chi connectivity index (χ3n) is 1.68. The Kier molecular flexibility index (Phi) is 3.79. The molecule has 74 valence electrons. The first kappa shape index (κ1) is 10.7. The van der Waals surface area contributed by atoms with E-state index >= 15 is 0 Å². The summed E-state index contributed by atoms with van der Waals surface area (Å²) in [5.41, 5.74) is 17.5. The highest BCUT2D eigenvalue weighted by Gasteiger charge is 2.03. The molecule has 0 spiro atoms. The number of nitrogens with zero attached hydrogens (tertiary/aromatic N) is 5. The summed E-state index contributed by atoms with van der Waals surface area (Å²) in [6, 6.07) is 6.57. The first-order chi connectivity index (χ1) is 7.26. The van der Waals surface area contributed by atoms with Crippen LogP contribution in [0.15, 0.2) is 29.4 Å². The Labute approximate surface area is 85.4 Å². The average molecular weight is 201 g/mol. The fourth-order valence-corrected chi connectivity index (χ4v) is 1.04. The molecule has 6 heteroatoms. The molecule has 0 radical (unpaired) electrons. The molecule has 1 aromatic carbocycles. The highest BCUT2D eigenvalue weighted by Crippen LogP contribution is 2.13. The van der Waals surface area contributed by atoms with Crippen LogP contribution in [0.1, 0.15) is 5.56 Å². The van der Waals surface area contributed by atoms with Gasteiger partial charge in [-0.15, -0.1) is 0 Å². The van der Waals surface area contributed by atoms with Gasteiger partial charge in [-0.2, -0.15) is 4.79 Å². The molecule has 0 fully saturated rings. The summed E-state index contributed by atoms with van der Waals surface area (Å²) in [5, 5.41) is 3.39. The summed E-state index contributed by atoms with van der Waals surface area (Å²) in [6.07, 6.45) is 1.00. The molecule has 15 heavy (non-hydrogen) atoms. The van der Waals surface area contributed by atoms with Crippen LogP contribution in [0.3, 0.4) is 0 Å².